The van der Waals surface area contributed by atoms with E-state index in [9.17, 15) is 18.0 Å². The quantitative estimate of drug-likeness (QED) is 0.510. The van der Waals surface area contributed by atoms with Crippen LogP contribution in [-0.2, 0) is 0 Å². The molecule has 2 aliphatic rings. The van der Waals surface area contributed by atoms with E-state index in [-0.39, 0.29) is 11.8 Å². The summed E-state index contributed by atoms with van der Waals surface area (Å²) in [4.78, 5) is 15.7. The van der Waals surface area contributed by atoms with Crippen molar-refractivity contribution in [1.29, 1.82) is 0 Å². The Hall–Kier alpha value is -2.06. The average Bonchev–Trinajstić information content (AvgIpc) is 3.09. The first-order valence-corrected chi connectivity index (χ1v) is 12.4. The fraction of sp³-hybridized carbons (Fsp3) is 0.560. The Balaban J connectivity index is 1.65. The Kier molecular flexibility index (Phi) is 8.11. The number of dihydropyridines is 1. The highest BCUT2D eigenvalue weighted by Crippen LogP contribution is 2.40. The summed E-state index contributed by atoms with van der Waals surface area (Å²) in [6.07, 6.45) is 0.310. The van der Waals surface area contributed by atoms with Crippen LogP contribution < -0.4 is 10.6 Å². The Morgan fingerprint density at radius 1 is 1.30 bits per heavy atom. The van der Waals surface area contributed by atoms with E-state index < -0.39 is 12.7 Å². The first-order valence-electron chi connectivity index (χ1n) is 11.5. The number of halogens is 3. The maximum atomic E-state index is 13.0. The van der Waals surface area contributed by atoms with E-state index in [4.69, 9.17) is 0 Å². The molecule has 182 valence electrons. The molecule has 0 bridgehead atoms. The molecule has 2 aliphatic heterocycles. The van der Waals surface area contributed by atoms with Gasteiger partial charge in [-0.05, 0) is 87.7 Å². The molecule has 0 aromatic carbocycles. The molecule has 0 radical (unpaired) electrons. The number of allylic oxidation sites excluding steroid dienone is 3. The molecule has 1 atom stereocenters. The summed E-state index contributed by atoms with van der Waals surface area (Å²) in [6, 6.07) is 0. The van der Waals surface area contributed by atoms with Gasteiger partial charge in [0.1, 0.15) is 0 Å². The molecule has 1 unspecified atom stereocenters. The number of rotatable bonds is 7. The molecule has 0 spiro atoms. The molecule has 1 aromatic heterocycles. The van der Waals surface area contributed by atoms with Gasteiger partial charge in [-0.3, -0.25) is 9.69 Å². The van der Waals surface area contributed by atoms with Crippen molar-refractivity contribution >= 4 is 17.2 Å². The van der Waals surface area contributed by atoms with E-state index in [0.717, 1.165) is 47.4 Å². The summed E-state index contributed by atoms with van der Waals surface area (Å²) >= 11 is 1.60. The molecule has 4 nitrogen and oxygen atoms in total. The van der Waals surface area contributed by atoms with Gasteiger partial charge in [0.05, 0.1) is 12.1 Å². The number of hydrogen-bond donors (Lipinski definition) is 2. The highest BCUT2D eigenvalue weighted by molar-refractivity contribution is 7.10. The second kappa shape index (κ2) is 10.5. The third kappa shape index (κ3) is 6.29. The van der Waals surface area contributed by atoms with Crippen LogP contribution in [0.2, 0.25) is 0 Å². The predicted molar refractivity (Wildman–Crippen MR) is 128 cm³/mol. The van der Waals surface area contributed by atoms with E-state index in [1.807, 2.05) is 32.2 Å². The standard InChI is InChI=1S/C25H34F3N3OS/c1-6-20(19-7-9-31(10-8-19)14-25(26,27)28)23-17(4)22(13-33-23)24(32)29-12-21-15(2)11-16(3)30-18(21)5/h11,13,19-20,30H,5-10,12,14H2,1-4H3,(H,29,32). The highest BCUT2D eigenvalue weighted by atomic mass is 32.1. The Morgan fingerprint density at radius 2 is 1.97 bits per heavy atom. The summed E-state index contributed by atoms with van der Waals surface area (Å²) in [5, 5.41) is 8.15. The van der Waals surface area contributed by atoms with Crippen molar-refractivity contribution in [3.63, 3.8) is 0 Å². The second-order valence-electron chi connectivity index (χ2n) is 9.16. The van der Waals surface area contributed by atoms with Crippen LogP contribution in [0.3, 0.4) is 0 Å². The van der Waals surface area contributed by atoms with E-state index in [1.165, 1.54) is 9.78 Å². The Labute approximate surface area is 198 Å². The molecule has 1 saturated heterocycles. The van der Waals surface area contributed by atoms with Gasteiger partial charge in [-0.25, -0.2) is 0 Å². The SMILES string of the molecule is C=C1NC(C)=CC(C)=C1CNC(=O)c1csc(C(CC)C2CCN(CC(F)(F)F)CC2)c1C. The number of likely N-dealkylation sites (tertiary alicyclic amines) is 1. The molecule has 33 heavy (non-hydrogen) atoms. The van der Waals surface area contributed by atoms with Gasteiger partial charge in [0.25, 0.3) is 5.91 Å². The van der Waals surface area contributed by atoms with Crippen LogP contribution in [0, 0.1) is 12.8 Å². The highest BCUT2D eigenvalue weighted by Gasteiger charge is 2.35. The zero-order valence-corrected chi connectivity index (χ0v) is 20.7. The van der Waals surface area contributed by atoms with E-state index in [1.54, 1.807) is 11.3 Å². The lowest BCUT2D eigenvalue weighted by molar-refractivity contribution is -0.148. The largest absolute Gasteiger partial charge is 0.401 e. The zero-order valence-electron chi connectivity index (χ0n) is 19.9. The van der Waals surface area contributed by atoms with Gasteiger partial charge in [0, 0.05) is 28.2 Å². The molecule has 3 heterocycles. The minimum absolute atomic E-state index is 0.107. The number of thiophene rings is 1. The van der Waals surface area contributed by atoms with Crippen molar-refractivity contribution in [3.8, 4) is 0 Å². The number of alkyl halides is 3. The summed E-state index contributed by atoms with van der Waals surface area (Å²) in [7, 11) is 0. The van der Waals surface area contributed by atoms with Crippen LogP contribution >= 0.6 is 11.3 Å². The lowest BCUT2D eigenvalue weighted by Crippen LogP contribution is -2.41. The number of amides is 1. The zero-order chi connectivity index (χ0) is 24.3. The third-order valence-corrected chi connectivity index (χ3v) is 7.97. The van der Waals surface area contributed by atoms with Gasteiger partial charge >= 0.3 is 6.18 Å². The topological polar surface area (TPSA) is 44.4 Å². The normalized spacial score (nSPS) is 19.4. The van der Waals surface area contributed by atoms with Crippen molar-refractivity contribution in [3.05, 3.63) is 56.6 Å². The maximum Gasteiger partial charge on any atom is 0.401 e. The second-order valence-corrected chi connectivity index (χ2v) is 10.1. The van der Waals surface area contributed by atoms with Gasteiger partial charge in [-0.2, -0.15) is 13.2 Å². The van der Waals surface area contributed by atoms with Gasteiger partial charge in [-0.1, -0.05) is 13.5 Å². The van der Waals surface area contributed by atoms with Crippen molar-refractivity contribution in [2.75, 3.05) is 26.2 Å². The number of nitrogens with one attached hydrogen (secondary N) is 2. The summed E-state index contributed by atoms with van der Waals surface area (Å²) in [5.74, 6) is 0.501. The molecule has 0 saturated carbocycles. The van der Waals surface area contributed by atoms with Gasteiger partial charge < -0.3 is 10.6 Å². The number of carbonyl (C=O) groups is 1. The predicted octanol–water partition coefficient (Wildman–Crippen LogP) is 5.89. The van der Waals surface area contributed by atoms with Crippen molar-refractivity contribution in [2.45, 2.75) is 59.1 Å². The molecular weight excluding hydrogens is 447 g/mol. The van der Waals surface area contributed by atoms with Crippen molar-refractivity contribution in [2.24, 2.45) is 5.92 Å². The molecule has 1 fully saturated rings. The van der Waals surface area contributed by atoms with Crippen LogP contribution in [0.15, 0.2) is 40.6 Å². The first-order chi connectivity index (χ1) is 15.5. The third-order valence-electron chi connectivity index (χ3n) is 6.75. The Morgan fingerprint density at radius 3 is 2.55 bits per heavy atom. The lowest BCUT2D eigenvalue weighted by Gasteiger charge is -2.36. The molecule has 1 amide bonds. The van der Waals surface area contributed by atoms with Gasteiger partial charge in [-0.15, -0.1) is 11.3 Å². The van der Waals surface area contributed by atoms with Crippen LogP contribution in [0.4, 0.5) is 13.2 Å². The molecule has 3 rings (SSSR count). The molecular formula is C25H34F3N3OS. The van der Waals surface area contributed by atoms with Crippen molar-refractivity contribution < 1.29 is 18.0 Å². The fourth-order valence-electron chi connectivity index (χ4n) is 5.03. The van der Waals surface area contributed by atoms with Gasteiger partial charge in [0.15, 0.2) is 0 Å². The minimum Gasteiger partial charge on any atom is -0.359 e. The summed E-state index contributed by atoms with van der Waals surface area (Å²) < 4.78 is 38.1. The molecule has 0 aliphatic carbocycles. The van der Waals surface area contributed by atoms with Crippen molar-refractivity contribution in [1.82, 2.24) is 15.5 Å². The Bertz CT molecular complexity index is 953. The fourth-order valence-corrected chi connectivity index (χ4v) is 6.38. The molecule has 8 heteroatoms. The number of carbonyl (C=O) groups excluding carboxylic acids is 1. The minimum atomic E-state index is -4.15. The number of piperidine rings is 1. The van der Waals surface area contributed by atoms with E-state index >= 15 is 0 Å². The van der Waals surface area contributed by atoms with Crippen LogP contribution in [-0.4, -0.2) is 43.2 Å². The van der Waals surface area contributed by atoms with Crippen LogP contribution in [0.1, 0.15) is 66.8 Å². The molecule has 1 aromatic rings. The number of hydrogen-bond acceptors (Lipinski definition) is 4. The summed E-state index contributed by atoms with van der Waals surface area (Å²) in [6.45, 7) is 12.7. The van der Waals surface area contributed by atoms with Crippen LogP contribution in [0.25, 0.3) is 0 Å². The van der Waals surface area contributed by atoms with E-state index in [2.05, 4.69) is 24.1 Å². The first kappa shape index (κ1) is 25.6. The number of nitrogens with zero attached hydrogens (tertiary/aromatic N) is 1. The maximum absolute atomic E-state index is 13.0. The van der Waals surface area contributed by atoms with Gasteiger partial charge in [0.2, 0.25) is 0 Å². The smallest absolute Gasteiger partial charge is 0.359 e. The monoisotopic (exact) mass is 481 g/mol. The average molecular weight is 482 g/mol. The summed E-state index contributed by atoms with van der Waals surface area (Å²) in [5.41, 5.74) is 5.58. The van der Waals surface area contributed by atoms with Crippen LogP contribution in [0.5, 0.6) is 0 Å². The molecule has 2 N–H and O–H groups in total. The van der Waals surface area contributed by atoms with E-state index in [0.29, 0.717) is 31.1 Å². The lowest BCUT2D eigenvalue weighted by atomic mass is 9.80.